The lowest BCUT2D eigenvalue weighted by molar-refractivity contribution is 0.1000. The van der Waals surface area contributed by atoms with Gasteiger partial charge in [-0.2, -0.15) is 0 Å². The van der Waals surface area contributed by atoms with Crippen molar-refractivity contribution in [3.8, 4) is 11.1 Å². The highest BCUT2D eigenvalue weighted by atomic mass is 19.1. The van der Waals surface area contributed by atoms with E-state index in [1.165, 1.54) is 18.2 Å². The van der Waals surface area contributed by atoms with Gasteiger partial charge in [0.1, 0.15) is 11.6 Å². The molecule has 0 saturated heterocycles. The van der Waals surface area contributed by atoms with Gasteiger partial charge >= 0.3 is 0 Å². The SMILES string of the molecule is CCCc1c(-c2cccc(F)c2)c(C(N)=O)c(C)n1CCc1ccccc1F. The number of primary amides is 1. The van der Waals surface area contributed by atoms with Gasteiger partial charge in [0.25, 0.3) is 5.91 Å². The van der Waals surface area contributed by atoms with E-state index in [-0.39, 0.29) is 11.6 Å². The molecule has 0 radical (unpaired) electrons. The third kappa shape index (κ3) is 3.84. The van der Waals surface area contributed by atoms with Crippen molar-refractivity contribution in [2.24, 2.45) is 5.73 Å². The van der Waals surface area contributed by atoms with Crippen molar-refractivity contribution in [1.82, 2.24) is 4.57 Å². The number of amides is 1. The van der Waals surface area contributed by atoms with Crippen LogP contribution in [-0.2, 0) is 19.4 Å². The molecule has 0 bridgehead atoms. The fourth-order valence-corrected chi connectivity index (χ4v) is 3.79. The van der Waals surface area contributed by atoms with Crippen LogP contribution in [0.3, 0.4) is 0 Å². The molecule has 0 aliphatic carbocycles. The summed E-state index contributed by atoms with van der Waals surface area (Å²) < 4.78 is 29.9. The van der Waals surface area contributed by atoms with Gasteiger partial charge in [0.2, 0.25) is 0 Å². The van der Waals surface area contributed by atoms with Gasteiger partial charge in [-0.3, -0.25) is 4.79 Å². The van der Waals surface area contributed by atoms with Crippen LogP contribution in [0.2, 0.25) is 0 Å². The van der Waals surface area contributed by atoms with E-state index in [0.717, 1.165) is 17.8 Å². The lowest BCUT2D eigenvalue weighted by Crippen LogP contribution is -2.14. The minimum Gasteiger partial charge on any atom is -0.366 e. The number of aromatic nitrogens is 1. The van der Waals surface area contributed by atoms with Crippen molar-refractivity contribution >= 4 is 5.91 Å². The third-order valence-corrected chi connectivity index (χ3v) is 5.04. The molecule has 3 aromatic rings. The van der Waals surface area contributed by atoms with E-state index in [2.05, 4.69) is 0 Å². The summed E-state index contributed by atoms with van der Waals surface area (Å²) >= 11 is 0. The predicted molar refractivity (Wildman–Crippen MR) is 107 cm³/mol. The highest BCUT2D eigenvalue weighted by Crippen LogP contribution is 2.34. The van der Waals surface area contributed by atoms with E-state index in [0.29, 0.717) is 41.6 Å². The van der Waals surface area contributed by atoms with Gasteiger partial charge in [0.15, 0.2) is 0 Å². The molecule has 1 aromatic heterocycles. The van der Waals surface area contributed by atoms with Gasteiger partial charge < -0.3 is 10.3 Å². The van der Waals surface area contributed by atoms with Crippen LogP contribution in [0.15, 0.2) is 48.5 Å². The summed E-state index contributed by atoms with van der Waals surface area (Å²) in [6.45, 7) is 4.39. The first-order valence-corrected chi connectivity index (χ1v) is 9.45. The van der Waals surface area contributed by atoms with E-state index >= 15 is 0 Å². The lowest BCUT2D eigenvalue weighted by atomic mass is 9.98. The summed E-state index contributed by atoms with van der Waals surface area (Å²) in [5, 5.41) is 0. The fourth-order valence-electron chi connectivity index (χ4n) is 3.79. The van der Waals surface area contributed by atoms with Gasteiger partial charge in [0, 0.05) is 23.5 Å². The number of benzene rings is 2. The Kier molecular flexibility index (Phi) is 5.93. The molecule has 146 valence electrons. The van der Waals surface area contributed by atoms with E-state index < -0.39 is 5.91 Å². The van der Waals surface area contributed by atoms with Crippen LogP contribution in [0.4, 0.5) is 8.78 Å². The molecule has 28 heavy (non-hydrogen) atoms. The second kappa shape index (κ2) is 8.38. The monoisotopic (exact) mass is 382 g/mol. The van der Waals surface area contributed by atoms with Crippen LogP contribution in [0.5, 0.6) is 0 Å². The molecule has 3 nitrogen and oxygen atoms in total. The zero-order valence-corrected chi connectivity index (χ0v) is 16.1. The maximum absolute atomic E-state index is 14.0. The third-order valence-electron chi connectivity index (χ3n) is 5.04. The first-order chi connectivity index (χ1) is 13.4. The Morgan fingerprint density at radius 3 is 2.46 bits per heavy atom. The largest absolute Gasteiger partial charge is 0.366 e. The van der Waals surface area contributed by atoms with Crippen LogP contribution in [0, 0.1) is 18.6 Å². The van der Waals surface area contributed by atoms with Gasteiger partial charge in [-0.25, -0.2) is 8.78 Å². The normalized spacial score (nSPS) is 11.0. The number of nitrogens with two attached hydrogens (primary N) is 1. The molecule has 3 rings (SSSR count). The average Bonchev–Trinajstić information content (AvgIpc) is 2.93. The molecular weight excluding hydrogens is 358 g/mol. The van der Waals surface area contributed by atoms with Crippen molar-refractivity contribution in [3.05, 3.63) is 82.7 Å². The summed E-state index contributed by atoms with van der Waals surface area (Å²) in [5.74, 6) is -1.16. The van der Waals surface area contributed by atoms with Crippen LogP contribution in [0.1, 0.15) is 40.7 Å². The number of rotatable bonds is 7. The molecule has 2 aromatic carbocycles. The lowest BCUT2D eigenvalue weighted by Gasteiger charge is -2.13. The zero-order chi connectivity index (χ0) is 20.3. The quantitative estimate of drug-likeness (QED) is 0.612. The van der Waals surface area contributed by atoms with Gasteiger partial charge in [0.05, 0.1) is 5.56 Å². The number of carbonyl (C=O) groups excluding carboxylic acids is 1. The number of carbonyl (C=O) groups is 1. The molecule has 0 aliphatic heterocycles. The maximum atomic E-state index is 14.0. The highest BCUT2D eigenvalue weighted by molar-refractivity contribution is 6.02. The Morgan fingerprint density at radius 2 is 1.82 bits per heavy atom. The van der Waals surface area contributed by atoms with Crippen LogP contribution < -0.4 is 5.73 Å². The second-order valence-electron chi connectivity index (χ2n) is 6.90. The number of halogens is 2. The van der Waals surface area contributed by atoms with Crippen LogP contribution in [0.25, 0.3) is 11.1 Å². The first kappa shape index (κ1) is 19.8. The van der Waals surface area contributed by atoms with Crippen LogP contribution >= 0.6 is 0 Å². The van der Waals surface area contributed by atoms with Gasteiger partial charge in [-0.1, -0.05) is 43.7 Å². The molecule has 0 spiro atoms. The van der Waals surface area contributed by atoms with Crippen molar-refractivity contribution < 1.29 is 13.6 Å². The average molecular weight is 382 g/mol. The van der Waals surface area contributed by atoms with Crippen molar-refractivity contribution in [3.63, 3.8) is 0 Å². The molecule has 1 heterocycles. The molecule has 1 amide bonds. The first-order valence-electron chi connectivity index (χ1n) is 9.45. The summed E-state index contributed by atoms with van der Waals surface area (Å²) in [4.78, 5) is 12.3. The van der Waals surface area contributed by atoms with Crippen LogP contribution in [-0.4, -0.2) is 10.5 Å². The number of hydrogen-bond acceptors (Lipinski definition) is 1. The fraction of sp³-hybridized carbons (Fsp3) is 0.261. The maximum Gasteiger partial charge on any atom is 0.251 e. The number of aryl methyl sites for hydroxylation is 1. The molecule has 0 aliphatic rings. The Hall–Kier alpha value is -2.95. The molecule has 0 fully saturated rings. The Bertz CT molecular complexity index is 1010. The highest BCUT2D eigenvalue weighted by Gasteiger charge is 2.24. The van der Waals surface area contributed by atoms with Gasteiger partial charge in [-0.05, 0) is 49.1 Å². The molecular formula is C23H24F2N2O. The minimum absolute atomic E-state index is 0.246. The standard InChI is InChI=1S/C23H24F2N2O/c1-3-7-20-22(17-9-6-10-18(24)14-17)21(23(26)28)15(2)27(20)13-12-16-8-4-5-11-19(16)25/h4-6,8-11,14H,3,7,12-13H2,1-2H3,(H2,26,28). The van der Waals surface area contributed by atoms with Gasteiger partial charge in [-0.15, -0.1) is 0 Å². The van der Waals surface area contributed by atoms with Crippen molar-refractivity contribution in [2.45, 2.75) is 39.7 Å². The second-order valence-corrected chi connectivity index (χ2v) is 6.90. The van der Waals surface area contributed by atoms with Crippen molar-refractivity contribution in [2.75, 3.05) is 0 Å². The van der Waals surface area contributed by atoms with E-state index in [1.807, 2.05) is 18.4 Å². The number of hydrogen-bond donors (Lipinski definition) is 1. The molecule has 0 saturated carbocycles. The Balaban J connectivity index is 2.13. The summed E-state index contributed by atoms with van der Waals surface area (Å²) in [5.41, 5.74) is 9.68. The molecule has 0 unspecified atom stereocenters. The molecule has 2 N–H and O–H groups in total. The van der Waals surface area contributed by atoms with E-state index in [9.17, 15) is 13.6 Å². The Morgan fingerprint density at radius 1 is 1.07 bits per heavy atom. The van der Waals surface area contributed by atoms with E-state index in [1.54, 1.807) is 30.3 Å². The summed E-state index contributed by atoms with van der Waals surface area (Å²) in [6.07, 6.45) is 2.04. The van der Waals surface area contributed by atoms with E-state index in [4.69, 9.17) is 5.73 Å². The summed E-state index contributed by atoms with van der Waals surface area (Å²) in [6, 6.07) is 12.9. The summed E-state index contributed by atoms with van der Waals surface area (Å²) in [7, 11) is 0. The number of nitrogens with zero attached hydrogens (tertiary/aromatic N) is 1. The predicted octanol–water partition coefficient (Wildman–Crippen LogP) is 5.04. The Labute approximate surface area is 163 Å². The topological polar surface area (TPSA) is 48.0 Å². The molecule has 0 atom stereocenters. The minimum atomic E-state index is -0.543. The van der Waals surface area contributed by atoms with Crippen molar-refractivity contribution in [1.29, 1.82) is 0 Å². The smallest absolute Gasteiger partial charge is 0.251 e. The molecule has 5 heteroatoms. The zero-order valence-electron chi connectivity index (χ0n) is 16.1.